The molecule has 19 heavy (non-hydrogen) atoms. The molecule has 0 radical (unpaired) electrons. The number of aryl methyl sites for hydroxylation is 1. The van der Waals surface area contributed by atoms with Gasteiger partial charge in [-0.3, -0.25) is 4.79 Å². The van der Waals surface area contributed by atoms with Gasteiger partial charge in [-0.2, -0.15) is 0 Å². The van der Waals surface area contributed by atoms with Crippen LogP contribution in [0, 0.1) is 0 Å². The first-order valence-corrected chi connectivity index (χ1v) is 6.66. The van der Waals surface area contributed by atoms with E-state index in [-0.39, 0.29) is 5.97 Å². The summed E-state index contributed by atoms with van der Waals surface area (Å²) in [5, 5.41) is 4.30. The molecule has 1 heterocycles. The smallest absolute Gasteiger partial charge is 0.320 e. The average Bonchev–Trinajstić information content (AvgIpc) is 3.20. The predicted octanol–water partition coefficient (Wildman–Crippen LogP) is 1.97. The maximum atomic E-state index is 11.6. The summed E-state index contributed by atoms with van der Waals surface area (Å²) < 4.78 is 7.37. The largest absolute Gasteiger partial charge is 0.460 e. The van der Waals surface area contributed by atoms with Gasteiger partial charge in [0.1, 0.15) is 6.61 Å². The number of benzene rings is 1. The molecule has 4 nitrogen and oxygen atoms in total. The molecule has 0 unspecified atom stereocenters. The lowest BCUT2D eigenvalue weighted by Gasteiger charge is -2.04. The number of rotatable bonds is 5. The van der Waals surface area contributed by atoms with Crippen LogP contribution in [0.5, 0.6) is 0 Å². The minimum Gasteiger partial charge on any atom is -0.460 e. The van der Waals surface area contributed by atoms with E-state index in [0.717, 1.165) is 16.5 Å². The summed E-state index contributed by atoms with van der Waals surface area (Å²) in [7, 11) is 2.00. The Bertz CT molecular complexity index is 599. The third-order valence-corrected chi connectivity index (χ3v) is 3.48. The number of aromatic nitrogens is 1. The van der Waals surface area contributed by atoms with Crippen LogP contribution in [0.3, 0.4) is 0 Å². The molecule has 0 bridgehead atoms. The van der Waals surface area contributed by atoms with Crippen LogP contribution in [-0.2, 0) is 23.2 Å². The van der Waals surface area contributed by atoms with Gasteiger partial charge in [0, 0.05) is 35.8 Å². The van der Waals surface area contributed by atoms with Gasteiger partial charge < -0.3 is 14.6 Å². The van der Waals surface area contributed by atoms with Gasteiger partial charge in [-0.25, -0.2) is 0 Å². The third-order valence-electron chi connectivity index (χ3n) is 3.48. The molecule has 1 aliphatic carbocycles. The zero-order valence-electron chi connectivity index (χ0n) is 11.1. The van der Waals surface area contributed by atoms with Crippen LogP contribution in [-0.4, -0.2) is 23.1 Å². The minimum absolute atomic E-state index is 0.181. The summed E-state index contributed by atoms with van der Waals surface area (Å²) in [4.78, 5) is 11.6. The van der Waals surface area contributed by atoms with E-state index >= 15 is 0 Å². The molecule has 4 heteroatoms. The highest BCUT2D eigenvalue weighted by Gasteiger charge is 2.21. The molecular formula is C15H18N2O2. The van der Waals surface area contributed by atoms with Crippen LogP contribution in [0.15, 0.2) is 30.5 Å². The second-order valence-electron chi connectivity index (χ2n) is 5.10. The van der Waals surface area contributed by atoms with Crippen molar-refractivity contribution < 1.29 is 9.53 Å². The first-order valence-electron chi connectivity index (χ1n) is 6.66. The Morgan fingerprint density at radius 3 is 3.00 bits per heavy atom. The molecule has 1 aromatic heterocycles. The number of esters is 1. The van der Waals surface area contributed by atoms with Crippen LogP contribution >= 0.6 is 0 Å². The van der Waals surface area contributed by atoms with Crippen LogP contribution in [0.25, 0.3) is 10.9 Å². The normalized spacial score (nSPS) is 14.8. The molecule has 0 atom stereocenters. The van der Waals surface area contributed by atoms with Gasteiger partial charge in [0.2, 0.25) is 0 Å². The molecule has 0 aliphatic heterocycles. The van der Waals surface area contributed by atoms with Crippen LogP contribution < -0.4 is 5.32 Å². The first-order chi connectivity index (χ1) is 9.24. The molecule has 3 rings (SSSR count). The number of carbonyl (C=O) groups excluding carboxylic acids is 1. The van der Waals surface area contributed by atoms with Crippen molar-refractivity contribution in [1.82, 2.24) is 9.88 Å². The van der Waals surface area contributed by atoms with Gasteiger partial charge in [0.15, 0.2) is 0 Å². The molecule has 2 aromatic rings. The molecule has 1 fully saturated rings. The van der Waals surface area contributed by atoms with Crippen molar-refractivity contribution in [1.29, 1.82) is 0 Å². The van der Waals surface area contributed by atoms with E-state index in [1.807, 2.05) is 25.4 Å². The predicted molar refractivity (Wildman–Crippen MR) is 73.7 cm³/mol. The van der Waals surface area contributed by atoms with E-state index in [1.165, 1.54) is 12.8 Å². The van der Waals surface area contributed by atoms with Gasteiger partial charge in [0.25, 0.3) is 0 Å². The first kappa shape index (κ1) is 12.2. The lowest BCUT2D eigenvalue weighted by atomic mass is 10.2. The highest BCUT2D eigenvalue weighted by molar-refractivity contribution is 5.84. The van der Waals surface area contributed by atoms with Crippen LogP contribution in [0.4, 0.5) is 0 Å². The monoisotopic (exact) mass is 258 g/mol. The summed E-state index contributed by atoms with van der Waals surface area (Å²) in [5.41, 5.74) is 2.21. The fraction of sp³-hybridized carbons (Fsp3) is 0.400. The fourth-order valence-electron chi connectivity index (χ4n) is 2.27. The fourth-order valence-corrected chi connectivity index (χ4v) is 2.27. The molecule has 0 saturated heterocycles. The Balaban J connectivity index is 1.62. The number of hydrogen-bond donors (Lipinski definition) is 1. The van der Waals surface area contributed by atoms with E-state index in [9.17, 15) is 4.79 Å². The second kappa shape index (κ2) is 5.05. The van der Waals surface area contributed by atoms with Crippen molar-refractivity contribution in [2.24, 2.45) is 7.05 Å². The van der Waals surface area contributed by atoms with E-state index in [2.05, 4.69) is 22.0 Å². The maximum Gasteiger partial charge on any atom is 0.320 e. The number of carbonyl (C=O) groups is 1. The Hall–Kier alpha value is -1.81. The van der Waals surface area contributed by atoms with Crippen molar-refractivity contribution >= 4 is 16.9 Å². The maximum absolute atomic E-state index is 11.6. The molecule has 1 aromatic carbocycles. The molecule has 100 valence electrons. The number of para-hydroxylation sites is 1. The Morgan fingerprint density at radius 1 is 1.42 bits per heavy atom. The van der Waals surface area contributed by atoms with Crippen LogP contribution in [0.1, 0.15) is 18.4 Å². The van der Waals surface area contributed by atoms with Gasteiger partial charge >= 0.3 is 5.97 Å². The van der Waals surface area contributed by atoms with Gasteiger partial charge in [-0.15, -0.1) is 0 Å². The van der Waals surface area contributed by atoms with E-state index < -0.39 is 0 Å². The number of fused-ring (bicyclic) bond motifs is 1. The van der Waals surface area contributed by atoms with E-state index in [1.54, 1.807) is 0 Å². The topological polar surface area (TPSA) is 43.3 Å². The molecule has 0 amide bonds. The zero-order chi connectivity index (χ0) is 13.2. The molecule has 1 aliphatic rings. The molecular weight excluding hydrogens is 240 g/mol. The van der Waals surface area contributed by atoms with Crippen molar-refractivity contribution in [3.63, 3.8) is 0 Å². The highest BCUT2D eigenvalue weighted by atomic mass is 16.5. The zero-order valence-corrected chi connectivity index (χ0v) is 11.1. The summed E-state index contributed by atoms with van der Waals surface area (Å²) in [6.45, 7) is 0.655. The van der Waals surface area contributed by atoms with Crippen molar-refractivity contribution in [2.45, 2.75) is 25.5 Å². The number of hydrogen-bond acceptors (Lipinski definition) is 3. The quantitative estimate of drug-likeness (QED) is 0.834. The summed E-state index contributed by atoms with van der Waals surface area (Å²) >= 11 is 0. The minimum atomic E-state index is -0.181. The van der Waals surface area contributed by atoms with E-state index in [0.29, 0.717) is 19.2 Å². The summed E-state index contributed by atoms with van der Waals surface area (Å²) in [6, 6.07) is 8.67. The average molecular weight is 258 g/mol. The SMILES string of the molecule is Cn1cc(COC(=O)CNC2CC2)c2ccccc21. The number of nitrogens with zero attached hydrogens (tertiary/aromatic N) is 1. The number of nitrogens with one attached hydrogen (secondary N) is 1. The highest BCUT2D eigenvalue weighted by Crippen LogP contribution is 2.21. The van der Waals surface area contributed by atoms with Gasteiger partial charge in [-0.05, 0) is 18.9 Å². The lowest BCUT2D eigenvalue weighted by Crippen LogP contribution is -2.26. The molecule has 1 saturated carbocycles. The van der Waals surface area contributed by atoms with Crippen molar-refractivity contribution in [3.05, 3.63) is 36.0 Å². The van der Waals surface area contributed by atoms with E-state index in [4.69, 9.17) is 4.74 Å². The van der Waals surface area contributed by atoms with Gasteiger partial charge in [-0.1, -0.05) is 18.2 Å². The van der Waals surface area contributed by atoms with Gasteiger partial charge in [0.05, 0.1) is 6.54 Å². The lowest BCUT2D eigenvalue weighted by molar-refractivity contribution is -0.143. The summed E-state index contributed by atoms with van der Waals surface area (Å²) in [6.07, 6.45) is 4.37. The standard InChI is InChI=1S/C15H18N2O2/c1-17-9-11(13-4-2-3-5-14(13)17)10-19-15(18)8-16-12-6-7-12/h2-5,9,12,16H,6-8,10H2,1H3. The number of ether oxygens (including phenoxy) is 1. The third kappa shape index (κ3) is 2.79. The Kier molecular flexibility index (Phi) is 3.25. The van der Waals surface area contributed by atoms with Crippen molar-refractivity contribution in [2.75, 3.05) is 6.54 Å². The Morgan fingerprint density at radius 2 is 2.21 bits per heavy atom. The van der Waals surface area contributed by atoms with Crippen molar-refractivity contribution in [3.8, 4) is 0 Å². The second-order valence-corrected chi connectivity index (χ2v) is 5.10. The Labute approximate surface area is 112 Å². The molecule has 0 spiro atoms. The molecule has 1 N–H and O–H groups in total. The summed E-state index contributed by atoms with van der Waals surface area (Å²) in [5.74, 6) is -0.181. The van der Waals surface area contributed by atoms with Crippen LogP contribution in [0.2, 0.25) is 0 Å².